The van der Waals surface area contributed by atoms with Gasteiger partial charge in [-0.2, -0.15) is 0 Å². The summed E-state index contributed by atoms with van der Waals surface area (Å²) in [5.41, 5.74) is 1.49. The van der Waals surface area contributed by atoms with Crippen LogP contribution in [0.4, 0.5) is 0 Å². The van der Waals surface area contributed by atoms with Gasteiger partial charge in [0.05, 0.1) is 0 Å². The van der Waals surface area contributed by atoms with Crippen molar-refractivity contribution in [1.82, 2.24) is 5.32 Å². The Morgan fingerprint density at radius 2 is 2.00 bits per heavy atom. The second kappa shape index (κ2) is 5.13. The van der Waals surface area contributed by atoms with Gasteiger partial charge in [-0.05, 0) is 36.6 Å². The minimum atomic E-state index is 0.720. The smallest absolute Gasteiger partial charge is 0.0175 e. The van der Waals surface area contributed by atoms with E-state index in [0.717, 1.165) is 18.4 Å². The molecule has 1 fully saturated rings. The molecule has 2 heteroatoms. The molecule has 2 rings (SSSR count). The molecule has 1 nitrogen and oxygen atoms in total. The van der Waals surface area contributed by atoms with Gasteiger partial charge in [-0.25, -0.2) is 0 Å². The zero-order valence-electron chi connectivity index (χ0n) is 9.17. The van der Waals surface area contributed by atoms with Gasteiger partial charge in [0.25, 0.3) is 0 Å². The molecule has 0 aliphatic carbocycles. The van der Waals surface area contributed by atoms with Crippen LogP contribution in [0.1, 0.15) is 31.2 Å². The van der Waals surface area contributed by atoms with E-state index in [2.05, 4.69) is 52.4 Å². The summed E-state index contributed by atoms with van der Waals surface area (Å²) < 4.78 is 1.17. The zero-order valence-corrected chi connectivity index (χ0v) is 10.8. The maximum Gasteiger partial charge on any atom is 0.0175 e. The maximum atomic E-state index is 3.51. The Balaban J connectivity index is 2.11. The SMILES string of the molecule is CCC[C@@H]1CNC[C@H]1c1ccc(Br)cc1. The van der Waals surface area contributed by atoms with Gasteiger partial charge >= 0.3 is 0 Å². The van der Waals surface area contributed by atoms with Gasteiger partial charge in [-0.15, -0.1) is 0 Å². The van der Waals surface area contributed by atoms with Gasteiger partial charge in [0, 0.05) is 16.9 Å². The van der Waals surface area contributed by atoms with Gasteiger partial charge in [0.2, 0.25) is 0 Å². The molecule has 0 spiro atoms. The fourth-order valence-electron chi connectivity index (χ4n) is 2.51. The van der Waals surface area contributed by atoms with Crippen LogP contribution >= 0.6 is 15.9 Å². The minimum absolute atomic E-state index is 0.720. The topological polar surface area (TPSA) is 12.0 Å². The maximum absolute atomic E-state index is 3.51. The summed E-state index contributed by atoms with van der Waals surface area (Å²) in [6, 6.07) is 8.81. The van der Waals surface area contributed by atoms with E-state index in [1.807, 2.05) is 0 Å². The van der Waals surface area contributed by atoms with E-state index in [1.54, 1.807) is 0 Å². The summed E-state index contributed by atoms with van der Waals surface area (Å²) in [5.74, 6) is 1.55. The molecule has 1 aliphatic rings. The van der Waals surface area contributed by atoms with Crippen LogP contribution in [0.25, 0.3) is 0 Å². The van der Waals surface area contributed by atoms with Crippen LogP contribution in [-0.4, -0.2) is 13.1 Å². The molecule has 0 radical (unpaired) electrons. The molecule has 0 unspecified atom stereocenters. The first-order chi connectivity index (χ1) is 7.31. The molecule has 2 atom stereocenters. The van der Waals surface area contributed by atoms with Gasteiger partial charge in [-0.1, -0.05) is 41.4 Å². The largest absolute Gasteiger partial charge is 0.316 e. The van der Waals surface area contributed by atoms with Gasteiger partial charge < -0.3 is 5.32 Å². The number of hydrogen-bond acceptors (Lipinski definition) is 1. The highest BCUT2D eigenvalue weighted by atomic mass is 79.9. The van der Waals surface area contributed by atoms with Crippen LogP contribution in [0.15, 0.2) is 28.7 Å². The Labute approximate surface area is 100 Å². The zero-order chi connectivity index (χ0) is 10.7. The fraction of sp³-hybridized carbons (Fsp3) is 0.538. The third-order valence-electron chi connectivity index (χ3n) is 3.30. The Kier molecular flexibility index (Phi) is 3.81. The highest BCUT2D eigenvalue weighted by Crippen LogP contribution is 2.31. The third-order valence-corrected chi connectivity index (χ3v) is 3.83. The molecule has 1 heterocycles. The second-order valence-electron chi connectivity index (χ2n) is 4.37. The lowest BCUT2D eigenvalue weighted by atomic mass is 9.86. The van der Waals surface area contributed by atoms with Gasteiger partial charge in [0.1, 0.15) is 0 Å². The normalized spacial score (nSPS) is 25.7. The molecular weight excluding hydrogens is 250 g/mol. The molecule has 1 saturated heterocycles. The van der Waals surface area contributed by atoms with Crippen LogP contribution in [0, 0.1) is 5.92 Å². The van der Waals surface area contributed by atoms with Crippen molar-refractivity contribution in [1.29, 1.82) is 0 Å². The molecule has 1 aromatic carbocycles. The van der Waals surface area contributed by atoms with Crippen LogP contribution in [-0.2, 0) is 0 Å². The van der Waals surface area contributed by atoms with Crippen molar-refractivity contribution in [3.05, 3.63) is 34.3 Å². The van der Waals surface area contributed by atoms with Crippen molar-refractivity contribution in [2.45, 2.75) is 25.7 Å². The monoisotopic (exact) mass is 267 g/mol. The van der Waals surface area contributed by atoms with Crippen molar-refractivity contribution < 1.29 is 0 Å². The number of benzene rings is 1. The number of hydrogen-bond donors (Lipinski definition) is 1. The molecule has 0 bridgehead atoms. The first-order valence-corrected chi connectivity index (χ1v) is 6.56. The second-order valence-corrected chi connectivity index (χ2v) is 5.28. The molecule has 1 aromatic rings. The fourth-order valence-corrected chi connectivity index (χ4v) is 2.77. The predicted octanol–water partition coefficient (Wildman–Crippen LogP) is 3.55. The molecule has 1 aliphatic heterocycles. The van der Waals surface area contributed by atoms with Crippen molar-refractivity contribution in [2.75, 3.05) is 13.1 Å². The number of nitrogens with one attached hydrogen (secondary N) is 1. The summed E-state index contributed by atoms with van der Waals surface area (Å²) in [5, 5.41) is 3.51. The summed E-state index contributed by atoms with van der Waals surface area (Å²) in [6.45, 7) is 4.61. The van der Waals surface area contributed by atoms with Crippen LogP contribution in [0.3, 0.4) is 0 Å². The van der Waals surface area contributed by atoms with E-state index in [4.69, 9.17) is 0 Å². The Morgan fingerprint density at radius 3 is 2.67 bits per heavy atom. The van der Waals surface area contributed by atoms with Crippen molar-refractivity contribution in [3.63, 3.8) is 0 Å². The van der Waals surface area contributed by atoms with E-state index in [0.29, 0.717) is 0 Å². The van der Waals surface area contributed by atoms with E-state index in [9.17, 15) is 0 Å². The predicted molar refractivity (Wildman–Crippen MR) is 68.2 cm³/mol. The van der Waals surface area contributed by atoms with Gasteiger partial charge in [-0.3, -0.25) is 0 Å². The number of halogens is 1. The highest BCUT2D eigenvalue weighted by Gasteiger charge is 2.27. The number of rotatable bonds is 3. The average molecular weight is 268 g/mol. The quantitative estimate of drug-likeness (QED) is 0.884. The Morgan fingerprint density at radius 1 is 1.27 bits per heavy atom. The molecular formula is C13H18BrN. The van der Waals surface area contributed by atoms with Gasteiger partial charge in [0.15, 0.2) is 0 Å². The summed E-state index contributed by atoms with van der Waals surface area (Å²) in [4.78, 5) is 0. The Bertz CT molecular complexity index is 307. The third kappa shape index (κ3) is 2.61. The highest BCUT2D eigenvalue weighted by molar-refractivity contribution is 9.10. The summed E-state index contributed by atoms with van der Waals surface area (Å²) >= 11 is 3.48. The molecule has 82 valence electrons. The van der Waals surface area contributed by atoms with Crippen molar-refractivity contribution in [3.8, 4) is 0 Å². The lowest BCUT2D eigenvalue weighted by molar-refractivity contribution is 0.473. The lowest BCUT2D eigenvalue weighted by Gasteiger charge is -2.18. The molecule has 0 amide bonds. The van der Waals surface area contributed by atoms with E-state index in [1.165, 1.54) is 29.4 Å². The van der Waals surface area contributed by atoms with Crippen molar-refractivity contribution in [2.24, 2.45) is 5.92 Å². The van der Waals surface area contributed by atoms with E-state index in [-0.39, 0.29) is 0 Å². The first-order valence-electron chi connectivity index (χ1n) is 5.77. The summed E-state index contributed by atoms with van der Waals surface area (Å²) in [6.07, 6.45) is 2.63. The standard InChI is InChI=1S/C13H18BrN/c1-2-3-11-8-15-9-13(11)10-4-6-12(14)7-5-10/h4-7,11,13,15H,2-3,8-9H2,1H3/t11-,13+/m1/s1. The van der Waals surface area contributed by atoms with Crippen LogP contribution in [0.5, 0.6) is 0 Å². The van der Waals surface area contributed by atoms with Crippen LogP contribution in [0.2, 0.25) is 0 Å². The summed E-state index contributed by atoms with van der Waals surface area (Å²) in [7, 11) is 0. The van der Waals surface area contributed by atoms with Crippen molar-refractivity contribution >= 4 is 15.9 Å². The Hall–Kier alpha value is -0.340. The average Bonchev–Trinajstić information content (AvgIpc) is 2.68. The van der Waals surface area contributed by atoms with E-state index >= 15 is 0 Å². The molecule has 1 N–H and O–H groups in total. The molecule has 0 saturated carbocycles. The minimum Gasteiger partial charge on any atom is -0.316 e. The van der Waals surface area contributed by atoms with Crippen LogP contribution < -0.4 is 5.32 Å². The molecule has 15 heavy (non-hydrogen) atoms. The lowest BCUT2D eigenvalue weighted by Crippen LogP contribution is -2.10. The molecule has 0 aromatic heterocycles. The first kappa shape index (κ1) is 11.2. The van der Waals surface area contributed by atoms with E-state index < -0.39 is 0 Å².